The van der Waals surface area contributed by atoms with Crippen molar-refractivity contribution in [2.24, 2.45) is 34.0 Å². The smallest absolute Gasteiger partial charge is 0.151 e. The van der Waals surface area contributed by atoms with Crippen LogP contribution >= 0.6 is 0 Å². The van der Waals surface area contributed by atoms with E-state index in [4.69, 9.17) is 14.0 Å². The second kappa shape index (κ2) is 10.7. The fraction of sp³-hybridized carbons (Fsp3) is 0.848. The van der Waals surface area contributed by atoms with Gasteiger partial charge in [0.2, 0.25) is 0 Å². The first-order valence-electron chi connectivity index (χ1n) is 15.3. The molecule has 0 bridgehead atoms. The number of carbonyl (C=O) groups excluding carboxylic acids is 2. The quantitative estimate of drug-likeness (QED) is 0.297. The maximum atomic E-state index is 12.5. The number of nitrogens with zero attached hydrogens (tertiary/aromatic N) is 1. The third-order valence-corrected chi connectivity index (χ3v) is 10.9. The molecule has 0 amide bonds. The highest BCUT2D eigenvalue weighted by atomic mass is 16.5. The Hall–Kier alpha value is -1.53. The number of aromatic nitrogens is 1. The highest BCUT2D eigenvalue weighted by Gasteiger charge is 2.58. The average molecular weight is 544 g/mol. The minimum Gasteiger partial charge on any atom is -0.373 e. The van der Waals surface area contributed by atoms with E-state index >= 15 is 0 Å². The van der Waals surface area contributed by atoms with Crippen molar-refractivity contribution in [1.82, 2.24) is 5.16 Å². The summed E-state index contributed by atoms with van der Waals surface area (Å²) in [6, 6.07) is 0. The summed E-state index contributed by atoms with van der Waals surface area (Å²) in [7, 11) is 0. The molecule has 1 saturated carbocycles. The maximum absolute atomic E-state index is 12.5. The first kappa shape index (κ1) is 30.4. The van der Waals surface area contributed by atoms with Gasteiger partial charge in [-0.1, -0.05) is 80.8 Å². The number of carbonyl (C=O) groups is 2. The average Bonchev–Trinajstić information content (AvgIpc) is 3.35. The molecule has 5 rings (SSSR count). The predicted molar refractivity (Wildman–Crippen MR) is 152 cm³/mol. The van der Waals surface area contributed by atoms with Gasteiger partial charge in [-0.15, -0.1) is 0 Å². The fourth-order valence-electron chi connectivity index (χ4n) is 8.45. The highest BCUT2D eigenvalue weighted by Crippen LogP contribution is 2.55. The Labute approximate surface area is 236 Å². The molecule has 0 spiro atoms. The summed E-state index contributed by atoms with van der Waals surface area (Å²) >= 11 is 0. The van der Waals surface area contributed by atoms with Crippen LogP contribution in [0.25, 0.3) is 0 Å². The number of hydrogen-bond donors (Lipinski definition) is 0. The zero-order valence-electron chi connectivity index (χ0n) is 26.1. The lowest BCUT2D eigenvalue weighted by atomic mass is 9.55. The minimum atomic E-state index is -0.565. The largest absolute Gasteiger partial charge is 0.373 e. The van der Waals surface area contributed by atoms with Crippen LogP contribution in [0.5, 0.6) is 0 Å². The summed E-state index contributed by atoms with van der Waals surface area (Å²) in [4.78, 5) is 23.7. The molecule has 0 N–H and O–H groups in total. The molecule has 3 fully saturated rings. The molecule has 39 heavy (non-hydrogen) atoms. The van der Waals surface area contributed by atoms with E-state index in [1.165, 1.54) is 18.4 Å². The summed E-state index contributed by atoms with van der Waals surface area (Å²) in [5.41, 5.74) is 0.785. The van der Waals surface area contributed by atoms with Crippen molar-refractivity contribution in [3.05, 3.63) is 17.5 Å². The number of fused-ring (bicyclic) bond motifs is 3. The van der Waals surface area contributed by atoms with Crippen molar-refractivity contribution in [1.29, 1.82) is 0 Å². The lowest BCUT2D eigenvalue weighted by Crippen LogP contribution is -2.60. The van der Waals surface area contributed by atoms with Crippen LogP contribution in [0.4, 0.5) is 0 Å². The van der Waals surface area contributed by atoms with E-state index in [-0.39, 0.29) is 40.3 Å². The summed E-state index contributed by atoms with van der Waals surface area (Å²) in [6.07, 6.45) is 10.8. The van der Waals surface area contributed by atoms with Gasteiger partial charge in [0, 0.05) is 5.56 Å². The predicted octanol–water partition coefficient (Wildman–Crippen LogP) is 7.12. The van der Waals surface area contributed by atoms with Crippen molar-refractivity contribution in [2.75, 3.05) is 0 Å². The number of rotatable bonds is 4. The van der Waals surface area contributed by atoms with Crippen LogP contribution in [0.15, 0.2) is 10.7 Å². The number of aldehydes is 1. The van der Waals surface area contributed by atoms with Crippen LogP contribution in [0.1, 0.15) is 119 Å². The molecule has 2 saturated heterocycles. The molecule has 1 aromatic rings. The van der Waals surface area contributed by atoms with Gasteiger partial charge in [0.25, 0.3) is 0 Å². The SMILES string of the molecule is CC(C)C1CCC2(C)Cc3cnoc3C(C)(C)C2O1.CCC(C)C1CCC2(C)CC(C=O)C(=O)C(C)(C)C2O1. The molecule has 0 radical (unpaired) electrons. The van der Waals surface area contributed by atoms with Crippen LogP contribution in [-0.4, -0.2) is 41.6 Å². The Morgan fingerprint density at radius 1 is 0.949 bits per heavy atom. The Morgan fingerprint density at radius 3 is 2.15 bits per heavy atom. The topological polar surface area (TPSA) is 78.6 Å². The van der Waals surface area contributed by atoms with E-state index in [0.717, 1.165) is 37.7 Å². The van der Waals surface area contributed by atoms with Crippen molar-refractivity contribution in [2.45, 2.75) is 144 Å². The zero-order chi connectivity index (χ0) is 29.0. The monoisotopic (exact) mass is 543 g/mol. The van der Waals surface area contributed by atoms with E-state index < -0.39 is 11.3 Å². The first-order valence-corrected chi connectivity index (χ1v) is 15.3. The minimum absolute atomic E-state index is 0.0487. The van der Waals surface area contributed by atoms with Crippen molar-refractivity contribution >= 4 is 12.1 Å². The summed E-state index contributed by atoms with van der Waals surface area (Å²) in [5.74, 6) is 1.74. The maximum Gasteiger partial charge on any atom is 0.151 e. The first-order chi connectivity index (χ1) is 18.1. The molecule has 3 heterocycles. The fourth-order valence-corrected chi connectivity index (χ4v) is 8.45. The van der Waals surface area contributed by atoms with E-state index in [9.17, 15) is 9.59 Å². The molecule has 6 nitrogen and oxygen atoms in total. The molecule has 1 aromatic heterocycles. The van der Waals surface area contributed by atoms with Gasteiger partial charge in [-0.3, -0.25) is 4.79 Å². The van der Waals surface area contributed by atoms with Gasteiger partial charge in [-0.05, 0) is 61.2 Å². The van der Waals surface area contributed by atoms with Crippen LogP contribution in [0, 0.1) is 34.0 Å². The van der Waals surface area contributed by atoms with Gasteiger partial charge in [-0.2, -0.15) is 0 Å². The molecule has 8 atom stereocenters. The van der Waals surface area contributed by atoms with Crippen molar-refractivity contribution < 1.29 is 23.6 Å². The molecule has 8 unspecified atom stereocenters. The number of ether oxygens (including phenoxy) is 2. The number of hydrogen-bond acceptors (Lipinski definition) is 6. The molecular formula is C33H53NO5. The number of Topliss-reactive ketones (excluding diaryl/α,β-unsaturated/α-hetero) is 1. The van der Waals surface area contributed by atoms with Crippen LogP contribution < -0.4 is 0 Å². The third kappa shape index (κ3) is 5.29. The normalized spacial score (nSPS) is 39.5. The summed E-state index contributed by atoms with van der Waals surface area (Å²) in [6.45, 7) is 21.8. The van der Waals surface area contributed by atoms with E-state index in [1.807, 2.05) is 20.0 Å². The van der Waals surface area contributed by atoms with Gasteiger partial charge >= 0.3 is 0 Å². The van der Waals surface area contributed by atoms with Gasteiger partial charge < -0.3 is 18.8 Å². The summed E-state index contributed by atoms with van der Waals surface area (Å²) in [5, 5.41) is 4.01. The van der Waals surface area contributed by atoms with Gasteiger partial charge in [-0.25, -0.2) is 0 Å². The molecular weight excluding hydrogens is 490 g/mol. The van der Waals surface area contributed by atoms with E-state index in [0.29, 0.717) is 24.4 Å². The molecule has 2 aliphatic carbocycles. The highest BCUT2D eigenvalue weighted by molar-refractivity contribution is 5.98. The number of ketones is 1. The molecule has 6 heteroatoms. The Kier molecular flexibility index (Phi) is 8.35. The standard InChI is InChI=1S/C17H28O3.C16H25NO2/c1-6-11(2)13-7-8-17(5)9-12(10-18)14(19)16(3,4)15(17)20-13;1-10(2)12-6-7-16(5)8-11-9-17-19-13(11)15(3,4)14(16)18-12/h10-13,15H,6-9H2,1-5H3;9-10,12,14H,6-8H2,1-5H3. The van der Waals surface area contributed by atoms with Crippen LogP contribution in [0.3, 0.4) is 0 Å². The Bertz CT molecular complexity index is 1040. The van der Waals surface area contributed by atoms with Gasteiger partial charge in [0.05, 0.1) is 47.4 Å². The molecule has 220 valence electrons. The van der Waals surface area contributed by atoms with Crippen molar-refractivity contribution in [3.8, 4) is 0 Å². The second-order valence-corrected chi connectivity index (χ2v) is 15.2. The molecule has 2 aliphatic heterocycles. The Balaban J connectivity index is 0.000000181. The van der Waals surface area contributed by atoms with E-state index in [1.54, 1.807) is 0 Å². The lowest BCUT2D eigenvalue weighted by Gasteiger charge is -2.55. The van der Waals surface area contributed by atoms with Crippen molar-refractivity contribution in [3.63, 3.8) is 0 Å². The Morgan fingerprint density at radius 2 is 1.54 bits per heavy atom. The zero-order valence-corrected chi connectivity index (χ0v) is 26.1. The van der Waals surface area contributed by atoms with Crippen LogP contribution in [-0.2, 0) is 30.9 Å². The van der Waals surface area contributed by atoms with Gasteiger partial charge in [0.1, 0.15) is 12.0 Å². The van der Waals surface area contributed by atoms with E-state index in [2.05, 4.69) is 60.5 Å². The lowest BCUT2D eigenvalue weighted by molar-refractivity contribution is -0.207. The van der Waals surface area contributed by atoms with Gasteiger partial charge in [0.15, 0.2) is 5.78 Å². The molecule has 0 aromatic carbocycles. The summed E-state index contributed by atoms with van der Waals surface area (Å²) < 4.78 is 18.4. The van der Waals surface area contributed by atoms with Crippen LogP contribution in [0.2, 0.25) is 0 Å². The third-order valence-electron chi connectivity index (χ3n) is 10.9. The molecule has 4 aliphatic rings. The second-order valence-electron chi connectivity index (χ2n) is 15.2.